The molecular formula is C21H22N2O5. The number of hydrogen-bond acceptors (Lipinski definition) is 5. The molecule has 146 valence electrons. The van der Waals surface area contributed by atoms with Gasteiger partial charge < -0.3 is 19.7 Å². The highest BCUT2D eigenvalue weighted by molar-refractivity contribution is 6.06. The first-order valence-electron chi connectivity index (χ1n) is 8.87. The maximum absolute atomic E-state index is 12.7. The van der Waals surface area contributed by atoms with E-state index in [0.29, 0.717) is 11.4 Å². The predicted molar refractivity (Wildman–Crippen MR) is 105 cm³/mol. The van der Waals surface area contributed by atoms with Crippen molar-refractivity contribution in [3.63, 3.8) is 0 Å². The number of amides is 2. The molecule has 0 aromatic heterocycles. The third-order valence-corrected chi connectivity index (χ3v) is 4.73. The summed E-state index contributed by atoms with van der Waals surface area (Å²) in [6.45, 7) is 2.26. The Kier molecular flexibility index (Phi) is 5.63. The van der Waals surface area contributed by atoms with Crippen LogP contribution >= 0.6 is 0 Å². The van der Waals surface area contributed by atoms with Crippen LogP contribution in [0.3, 0.4) is 0 Å². The highest BCUT2D eigenvalue weighted by Crippen LogP contribution is 2.28. The Labute approximate surface area is 163 Å². The summed E-state index contributed by atoms with van der Waals surface area (Å²) >= 11 is 0. The minimum atomic E-state index is -0.585. The quantitative estimate of drug-likeness (QED) is 0.804. The highest BCUT2D eigenvalue weighted by Gasteiger charge is 2.35. The van der Waals surface area contributed by atoms with E-state index in [0.717, 1.165) is 11.3 Å². The van der Waals surface area contributed by atoms with Crippen LogP contribution < -0.4 is 15.0 Å². The van der Waals surface area contributed by atoms with E-state index in [1.807, 2.05) is 31.2 Å². The number of carbonyl (C=O) groups is 3. The van der Waals surface area contributed by atoms with Gasteiger partial charge in [-0.15, -0.1) is 0 Å². The molecule has 7 heteroatoms. The predicted octanol–water partition coefficient (Wildman–Crippen LogP) is 2.78. The second-order valence-corrected chi connectivity index (χ2v) is 6.63. The Morgan fingerprint density at radius 3 is 2.46 bits per heavy atom. The molecular weight excluding hydrogens is 360 g/mol. The molecule has 1 N–H and O–H groups in total. The van der Waals surface area contributed by atoms with E-state index < -0.39 is 11.9 Å². The number of aryl methyl sites for hydroxylation is 1. The Morgan fingerprint density at radius 2 is 1.82 bits per heavy atom. The SMILES string of the molecule is COC(=O)c1cc(OC)ccc1NC(=O)C1CC(=O)N(c2ccc(C)cc2)C1. The lowest BCUT2D eigenvalue weighted by Gasteiger charge is -2.17. The van der Waals surface area contributed by atoms with Gasteiger partial charge in [-0.3, -0.25) is 9.59 Å². The average molecular weight is 382 g/mol. The molecule has 0 spiro atoms. The van der Waals surface area contributed by atoms with Gasteiger partial charge in [0.25, 0.3) is 0 Å². The molecule has 2 aromatic rings. The van der Waals surface area contributed by atoms with Crippen molar-refractivity contribution in [1.29, 1.82) is 0 Å². The zero-order chi connectivity index (χ0) is 20.3. The van der Waals surface area contributed by atoms with Crippen LogP contribution in [-0.4, -0.2) is 38.5 Å². The first-order valence-corrected chi connectivity index (χ1v) is 8.87. The van der Waals surface area contributed by atoms with E-state index in [-0.39, 0.29) is 30.3 Å². The van der Waals surface area contributed by atoms with Crippen LogP contribution in [0.1, 0.15) is 22.3 Å². The van der Waals surface area contributed by atoms with E-state index >= 15 is 0 Å². The van der Waals surface area contributed by atoms with Crippen LogP contribution in [0.4, 0.5) is 11.4 Å². The first-order chi connectivity index (χ1) is 13.4. The number of carbonyl (C=O) groups excluding carboxylic acids is 3. The fraction of sp³-hybridized carbons (Fsp3) is 0.286. The van der Waals surface area contributed by atoms with Crippen LogP contribution in [0.2, 0.25) is 0 Å². The third-order valence-electron chi connectivity index (χ3n) is 4.73. The number of nitrogens with zero attached hydrogens (tertiary/aromatic N) is 1. The monoisotopic (exact) mass is 382 g/mol. The molecule has 0 aliphatic carbocycles. The summed E-state index contributed by atoms with van der Waals surface area (Å²) in [5.74, 6) is -1.05. The molecule has 1 aliphatic rings. The van der Waals surface area contributed by atoms with Crippen molar-refractivity contribution in [2.45, 2.75) is 13.3 Å². The first kappa shape index (κ1) is 19.4. The van der Waals surface area contributed by atoms with Crippen molar-refractivity contribution in [2.24, 2.45) is 5.92 Å². The van der Waals surface area contributed by atoms with Gasteiger partial charge in [0.2, 0.25) is 11.8 Å². The Bertz CT molecular complexity index is 908. The summed E-state index contributed by atoms with van der Waals surface area (Å²) in [6.07, 6.45) is 0.115. The molecule has 1 aliphatic heterocycles. The van der Waals surface area contributed by atoms with E-state index in [9.17, 15) is 14.4 Å². The van der Waals surface area contributed by atoms with Gasteiger partial charge in [-0.1, -0.05) is 17.7 Å². The summed E-state index contributed by atoms with van der Waals surface area (Å²) in [5.41, 5.74) is 2.37. The number of anilines is 2. The van der Waals surface area contributed by atoms with Gasteiger partial charge in [0.05, 0.1) is 31.4 Å². The van der Waals surface area contributed by atoms with Crippen LogP contribution in [0.25, 0.3) is 0 Å². The number of nitrogens with one attached hydrogen (secondary N) is 1. The molecule has 1 heterocycles. The molecule has 2 aromatic carbocycles. The number of ether oxygens (including phenoxy) is 2. The lowest BCUT2D eigenvalue weighted by Crippen LogP contribution is -2.28. The molecule has 0 bridgehead atoms. The van der Waals surface area contributed by atoms with Crippen molar-refractivity contribution in [3.8, 4) is 5.75 Å². The number of hydrogen-bond donors (Lipinski definition) is 1. The molecule has 7 nitrogen and oxygen atoms in total. The van der Waals surface area contributed by atoms with E-state index in [1.54, 1.807) is 17.0 Å². The third kappa shape index (κ3) is 3.98. The minimum absolute atomic E-state index is 0.105. The van der Waals surface area contributed by atoms with Crippen molar-refractivity contribution in [3.05, 3.63) is 53.6 Å². The molecule has 0 saturated carbocycles. The summed E-state index contributed by atoms with van der Waals surface area (Å²) in [5, 5.41) is 2.75. The van der Waals surface area contributed by atoms with E-state index in [4.69, 9.17) is 9.47 Å². The van der Waals surface area contributed by atoms with Gasteiger partial charge in [0.15, 0.2) is 0 Å². The van der Waals surface area contributed by atoms with E-state index in [1.165, 1.54) is 20.3 Å². The molecule has 1 fully saturated rings. The Balaban J connectivity index is 1.76. The lowest BCUT2D eigenvalue weighted by molar-refractivity contribution is -0.122. The van der Waals surface area contributed by atoms with Crippen molar-refractivity contribution < 1.29 is 23.9 Å². The summed E-state index contributed by atoms with van der Waals surface area (Å²) in [7, 11) is 2.75. The zero-order valence-electron chi connectivity index (χ0n) is 16.0. The smallest absolute Gasteiger partial charge is 0.340 e. The minimum Gasteiger partial charge on any atom is -0.497 e. The number of esters is 1. The standard InChI is InChI=1S/C21H22N2O5/c1-13-4-6-15(7-5-13)23-12-14(10-19(23)24)20(25)22-18-9-8-16(27-2)11-17(18)21(26)28-3/h4-9,11,14H,10,12H2,1-3H3,(H,22,25). The van der Waals surface area contributed by atoms with Gasteiger partial charge in [-0.2, -0.15) is 0 Å². The lowest BCUT2D eigenvalue weighted by atomic mass is 10.1. The summed E-state index contributed by atoms with van der Waals surface area (Å²) in [6, 6.07) is 12.3. The van der Waals surface area contributed by atoms with Gasteiger partial charge in [-0.25, -0.2) is 4.79 Å². The van der Waals surface area contributed by atoms with Gasteiger partial charge >= 0.3 is 5.97 Å². The molecule has 3 rings (SSSR count). The van der Waals surface area contributed by atoms with Crippen molar-refractivity contribution >= 4 is 29.2 Å². The molecule has 28 heavy (non-hydrogen) atoms. The molecule has 1 saturated heterocycles. The fourth-order valence-corrected chi connectivity index (χ4v) is 3.13. The van der Waals surface area contributed by atoms with E-state index in [2.05, 4.69) is 5.32 Å². The fourth-order valence-electron chi connectivity index (χ4n) is 3.13. The number of benzene rings is 2. The Hall–Kier alpha value is -3.35. The molecule has 0 radical (unpaired) electrons. The normalized spacial score (nSPS) is 16.0. The summed E-state index contributed by atoms with van der Waals surface area (Å²) < 4.78 is 9.90. The topological polar surface area (TPSA) is 84.9 Å². The van der Waals surface area contributed by atoms with Gasteiger partial charge in [0.1, 0.15) is 5.75 Å². The second kappa shape index (κ2) is 8.12. The maximum atomic E-state index is 12.7. The molecule has 1 unspecified atom stereocenters. The average Bonchev–Trinajstić information content (AvgIpc) is 3.10. The summed E-state index contributed by atoms with van der Waals surface area (Å²) in [4.78, 5) is 38.8. The maximum Gasteiger partial charge on any atom is 0.340 e. The second-order valence-electron chi connectivity index (χ2n) is 6.63. The van der Waals surface area contributed by atoms with Gasteiger partial charge in [0, 0.05) is 18.7 Å². The van der Waals surface area contributed by atoms with Crippen LogP contribution in [0.5, 0.6) is 5.75 Å². The van der Waals surface area contributed by atoms with Crippen molar-refractivity contribution in [2.75, 3.05) is 31.0 Å². The molecule has 2 amide bonds. The van der Waals surface area contributed by atoms with Crippen molar-refractivity contribution in [1.82, 2.24) is 0 Å². The van der Waals surface area contributed by atoms with Crippen LogP contribution in [-0.2, 0) is 14.3 Å². The van der Waals surface area contributed by atoms with Gasteiger partial charge in [-0.05, 0) is 37.3 Å². The largest absolute Gasteiger partial charge is 0.497 e. The Morgan fingerprint density at radius 1 is 1.11 bits per heavy atom. The molecule has 1 atom stereocenters. The highest BCUT2D eigenvalue weighted by atomic mass is 16.5. The van der Waals surface area contributed by atoms with Crippen LogP contribution in [0, 0.1) is 12.8 Å². The zero-order valence-corrected chi connectivity index (χ0v) is 16.0. The van der Waals surface area contributed by atoms with Crippen LogP contribution in [0.15, 0.2) is 42.5 Å². The number of methoxy groups -OCH3 is 2. The number of rotatable bonds is 5.